The first-order valence-corrected chi connectivity index (χ1v) is 17.0. The normalized spacial score (nSPS) is 14.3. The minimum Gasteiger partial charge on any atom is -0.396 e. The van der Waals surface area contributed by atoms with Gasteiger partial charge in [-0.1, -0.05) is 96.8 Å². The molecule has 9 nitrogen and oxygen atoms in total. The number of ether oxygens (including phenoxy) is 1. The molecule has 3 N–H and O–H groups in total. The lowest BCUT2D eigenvalue weighted by molar-refractivity contribution is -0.890. The van der Waals surface area contributed by atoms with Crippen LogP contribution < -0.4 is 5.32 Å². The van der Waals surface area contributed by atoms with Gasteiger partial charge in [-0.2, -0.15) is 0 Å². The number of rotatable bonds is 29. The van der Waals surface area contributed by atoms with Crippen molar-refractivity contribution in [1.82, 2.24) is 5.32 Å². The number of amides is 1. The second-order valence-electron chi connectivity index (χ2n) is 11.4. The molecule has 2 atom stereocenters. The quantitative estimate of drug-likeness (QED) is 0.0566. The van der Waals surface area contributed by atoms with Crippen molar-refractivity contribution in [2.45, 2.75) is 122 Å². The summed E-state index contributed by atoms with van der Waals surface area (Å²) in [6, 6.07) is 0. The fourth-order valence-corrected chi connectivity index (χ4v) is 5.15. The van der Waals surface area contributed by atoms with Crippen LogP contribution >= 0.6 is 7.82 Å². The largest absolute Gasteiger partial charge is 0.472 e. The highest BCUT2D eigenvalue weighted by Gasteiger charge is 2.25. The lowest BCUT2D eigenvalue weighted by Crippen LogP contribution is -2.43. The van der Waals surface area contributed by atoms with Crippen LogP contribution in [-0.2, 0) is 23.1 Å². The van der Waals surface area contributed by atoms with Crippen LogP contribution in [0.3, 0.4) is 0 Å². The van der Waals surface area contributed by atoms with Gasteiger partial charge >= 0.3 is 7.82 Å². The number of hydrogen-bond acceptors (Lipinski definition) is 6. The van der Waals surface area contributed by atoms with Crippen LogP contribution in [0.25, 0.3) is 0 Å². The van der Waals surface area contributed by atoms with E-state index in [0.717, 1.165) is 19.4 Å². The Morgan fingerprint density at radius 1 is 0.821 bits per heavy atom. The van der Waals surface area contributed by atoms with E-state index in [4.69, 9.17) is 18.9 Å². The average Bonchev–Trinajstić information content (AvgIpc) is 2.89. The van der Waals surface area contributed by atoms with Gasteiger partial charge in [0.05, 0.1) is 33.4 Å². The maximum absolute atomic E-state index is 12.2. The molecular weight excluding hydrogens is 519 g/mol. The van der Waals surface area contributed by atoms with E-state index in [9.17, 15) is 14.3 Å². The lowest BCUT2D eigenvalue weighted by Gasteiger charge is -2.29. The van der Waals surface area contributed by atoms with Crippen molar-refractivity contribution in [3.8, 4) is 0 Å². The Labute approximate surface area is 239 Å². The number of likely N-dealkylation sites (N-methyl/N-ethyl adjacent to an activating group) is 1. The number of carbonyl (C=O) groups is 1. The van der Waals surface area contributed by atoms with E-state index < -0.39 is 13.9 Å². The van der Waals surface area contributed by atoms with Gasteiger partial charge in [-0.05, 0) is 6.42 Å². The predicted molar refractivity (Wildman–Crippen MR) is 159 cm³/mol. The molecule has 0 aliphatic carbocycles. The Morgan fingerprint density at radius 3 is 1.82 bits per heavy atom. The number of methoxy groups -OCH3 is 1. The summed E-state index contributed by atoms with van der Waals surface area (Å²) in [4.78, 5) is 22.1. The van der Waals surface area contributed by atoms with Crippen molar-refractivity contribution >= 4 is 13.7 Å². The molecule has 0 aromatic rings. The van der Waals surface area contributed by atoms with Gasteiger partial charge in [-0.15, -0.1) is 0 Å². The number of aliphatic hydroxyl groups is 1. The van der Waals surface area contributed by atoms with Gasteiger partial charge in [-0.25, -0.2) is 4.57 Å². The number of carbonyl (C=O) groups excluding carboxylic acids is 1. The Bertz CT molecular complexity index is 622. The topological polar surface area (TPSA) is 114 Å². The fraction of sp³-hybridized carbons (Fsp3) is 0.966. The number of phosphoric ester groups is 1. The maximum atomic E-state index is 12.2. The van der Waals surface area contributed by atoms with E-state index in [1.165, 1.54) is 90.6 Å². The summed E-state index contributed by atoms with van der Waals surface area (Å²) in [5, 5.41) is 11.8. The Hall–Kier alpha value is -0.540. The number of nitrogens with zero attached hydrogens (tertiary/aromatic N) is 1. The third-order valence-electron chi connectivity index (χ3n) is 7.16. The minimum atomic E-state index is -4.22. The zero-order valence-corrected chi connectivity index (χ0v) is 26.6. The first-order valence-electron chi connectivity index (χ1n) is 15.5. The van der Waals surface area contributed by atoms with Crippen LogP contribution in [0, 0.1) is 0 Å². The highest BCUT2D eigenvalue weighted by Crippen LogP contribution is 2.43. The highest BCUT2D eigenvalue weighted by atomic mass is 31.2. The van der Waals surface area contributed by atoms with Gasteiger partial charge in [0.25, 0.3) is 0 Å². The number of unbranched alkanes of at least 4 members (excludes halogenated alkanes) is 14. The molecule has 0 aliphatic heterocycles. The van der Waals surface area contributed by atoms with Gasteiger partial charge < -0.3 is 24.5 Å². The van der Waals surface area contributed by atoms with Crippen molar-refractivity contribution in [3.05, 3.63) is 0 Å². The molecule has 10 heteroatoms. The molecule has 0 radical (unpaired) electrons. The smallest absolute Gasteiger partial charge is 0.396 e. The van der Waals surface area contributed by atoms with Gasteiger partial charge in [-0.3, -0.25) is 13.8 Å². The summed E-state index contributed by atoms with van der Waals surface area (Å²) >= 11 is 0. The third kappa shape index (κ3) is 26.1. The van der Waals surface area contributed by atoms with Crippen LogP contribution in [-0.4, -0.2) is 87.2 Å². The molecule has 234 valence electrons. The molecular formula is C29H62N2O7P+. The Kier molecular flexibility index (Phi) is 24.8. The van der Waals surface area contributed by atoms with Gasteiger partial charge in [0.2, 0.25) is 5.91 Å². The van der Waals surface area contributed by atoms with Crippen molar-refractivity contribution in [2.75, 3.05) is 60.7 Å². The summed E-state index contributed by atoms with van der Waals surface area (Å²) in [6.07, 6.45) is 19.9. The molecule has 0 rings (SSSR count). The standard InChI is InChI=1S/C29H61N2O7P/c1-5-6-7-8-9-10-11-12-13-14-15-16-17-18-19-21-29(33)30-26-28(36-4)27-38-39(34,35)37-25-23-31(2,3)22-20-24-32/h28,32H,5-27H2,1-4H3,(H-,30,33,34,35)/p+1. The van der Waals surface area contributed by atoms with E-state index in [1.54, 1.807) is 0 Å². The van der Waals surface area contributed by atoms with Crippen molar-refractivity contribution < 1.29 is 37.6 Å². The van der Waals surface area contributed by atoms with Crippen molar-refractivity contribution in [1.29, 1.82) is 0 Å². The molecule has 0 heterocycles. The predicted octanol–water partition coefficient (Wildman–Crippen LogP) is 5.97. The summed E-state index contributed by atoms with van der Waals surface area (Å²) in [6.45, 7) is 3.72. The van der Waals surface area contributed by atoms with Crippen LogP contribution in [0.1, 0.15) is 116 Å². The zero-order valence-electron chi connectivity index (χ0n) is 25.7. The van der Waals surface area contributed by atoms with E-state index in [1.807, 2.05) is 14.1 Å². The Morgan fingerprint density at radius 2 is 1.33 bits per heavy atom. The Balaban J connectivity index is 3.75. The first-order chi connectivity index (χ1) is 18.7. The third-order valence-corrected chi connectivity index (χ3v) is 8.15. The second kappa shape index (κ2) is 25.2. The molecule has 0 aliphatic rings. The van der Waals surface area contributed by atoms with Crippen molar-refractivity contribution in [2.24, 2.45) is 0 Å². The molecule has 0 bridgehead atoms. The maximum Gasteiger partial charge on any atom is 0.472 e. The van der Waals surface area contributed by atoms with Crippen LogP contribution in [0.15, 0.2) is 0 Å². The molecule has 0 saturated carbocycles. The van der Waals surface area contributed by atoms with E-state index >= 15 is 0 Å². The number of aliphatic hydroxyl groups excluding tert-OH is 1. The molecule has 0 aromatic carbocycles. The van der Waals surface area contributed by atoms with Crippen LogP contribution in [0.2, 0.25) is 0 Å². The monoisotopic (exact) mass is 581 g/mol. The first kappa shape index (κ1) is 38.5. The molecule has 2 unspecified atom stereocenters. The molecule has 0 fully saturated rings. The summed E-state index contributed by atoms with van der Waals surface area (Å²) in [5.41, 5.74) is 0. The van der Waals surface area contributed by atoms with Crippen LogP contribution in [0.4, 0.5) is 0 Å². The van der Waals surface area contributed by atoms with Gasteiger partial charge in [0.1, 0.15) is 13.2 Å². The number of hydrogen-bond donors (Lipinski definition) is 3. The van der Waals surface area contributed by atoms with E-state index in [0.29, 0.717) is 23.9 Å². The minimum absolute atomic E-state index is 0.0435. The molecule has 0 saturated heterocycles. The average molecular weight is 582 g/mol. The van der Waals surface area contributed by atoms with Gasteiger partial charge in [0.15, 0.2) is 0 Å². The second-order valence-corrected chi connectivity index (χ2v) is 12.9. The molecule has 0 spiro atoms. The lowest BCUT2D eigenvalue weighted by atomic mass is 10.0. The summed E-state index contributed by atoms with van der Waals surface area (Å²) in [5.74, 6) is -0.0435. The fourth-order valence-electron chi connectivity index (χ4n) is 4.41. The molecule has 39 heavy (non-hydrogen) atoms. The molecule has 0 aromatic heterocycles. The number of phosphoric acid groups is 1. The number of quaternary nitrogens is 1. The highest BCUT2D eigenvalue weighted by molar-refractivity contribution is 7.47. The number of nitrogens with one attached hydrogen (secondary N) is 1. The summed E-state index contributed by atoms with van der Waals surface area (Å²) < 4.78 is 28.1. The zero-order chi connectivity index (χ0) is 29.2. The van der Waals surface area contributed by atoms with E-state index in [-0.39, 0.29) is 32.3 Å². The van der Waals surface area contributed by atoms with Crippen LogP contribution in [0.5, 0.6) is 0 Å². The van der Waals surface area contributed by atoms with E-state index in [2.05, 4.69) is 12.2 Å². The SMILES string of the molecule is CCCCCCCCCCCCCCCCCC(=O)NCC(COP(=O)(O)OCC[N+](C)(C)CCCO)OC. The van der Waals surface area contributed by atoms with Crippen molar-refractivity contribution in [3.63, 3.8) is 0 Å². The van der Waals surface area contributed by atoms with Gasteiger partial charge in [0, 0.05) is 33.1 Å². The summed E-state index contributed by atoms with van der Waals surface area (Å²) in [7, 11) is 1.18. The molecule has 1 amide bonds.